The molecule has 1 saturated heterocycles. The molecule has 0 aliphatic carbocycles. The van der Waals surface area contributed by atoms with Gasteiger partial charge >= 0.3 is 0 Å². The molecule has 0 atom stereocenters. The normalized spacial score (nSPS) is 14.5. The van der Waals surface area contributed by atoms with Gasteiger partial charge in [0.2, 0.25) is 15.9 Å². The third-order valence-electron chi connectivity index (χ3n) is 5.99. The quantitative estimate of drug-likeness (QED) is 0.275. The van der Waals surface area contributed by atoms with Crippen molar-refractivity contribution in [2.75, 3.05) is 55.4 Å². The van der Waals surface area contributed by atoms with Crippen molar-refractivity contribution < 1.29 is 17.9 Å². The van der Waals surface area contributed by atoms with Gasteiger partial charge in [0.25, 0.3) is 0 Å². The van der Waals surface area contributed by atoms with E-state index >= 15 is 0 Å². The van der Waals surface area contributed by atoms with E-state index in [9.17, 15) is 13.2 Å². The van der Waals surface area contributed by atoms with Crippen molar-refractivity contribution in [3.8, 4) is 0 Å². The van der Waals surface area contributed by atoms with Crippen LogP contribution in [-0.4, -0.2) is 68.8 Å². The second-order valence-electron chi connectivity index (χ2n) is 8.32. The zero-order valence-electron chi connectivity index (χ0n) is 20.6. The molecular weight excluding hydrogens is 517 g/mol. The lowest BCUT2D eigenvalue weighted by molar-refractivity contribution is -0.116. The number of hydrogen-bond donors (Lipinski definition) is 1. The fourth-order valence-corrected chi connectivity index (χ4v) is 7.65. The molecule has 1 aromatic heterocycles. The van der Waals surface area contributed by atoms with Crippen LogP contribution in [0.2, 0.25) is 0 Å². The predicted octanol–water partition coefficient (Wildman–Crippen LogP) is 4.67. The maximum atomic E-state index is 13.1. The number of hydrogen-bond acceptors (Lipinski definition) is 8. The Balaban J connectivity index is 1.43. The molecule has 0 saturated carbocycles. The van der Waals surface area contributed by atoms with E-state index in [0.717, 1.165) is 26.0 Å². The molecule has 1 aliphatic heterocycles. The Labute approximate surface area is 221 Å². The van der Waals surface area contributed by atoms with Gasteiger partial charge in [-0.25, -0.2) is 13.4 Å². The lowest BCUT2D eigenvalue weighted by Gasteiger charge is -2.31. The van der Waals surface area contributed by atoms with Gasteiger partial charge in [0, 0.05) is 38.4 Å². The van der Waals surface area contributed by atoms with Crippen molar-refractivity contribution in [3.63, 3.8) is 0 Å². The van der Waals surface area contributed by atoms with Gasteiger partial charge in [-0.2, -0.15) is 4.31 Å². The highest BCUT2D eigenvalue weighted by molar-refractivity contribution is 8.01. The molecule has 1 N–H and O–H groups in total. The van der Waals surface area contributed by atoms with Gasteiger partial charge in [-0.3, -0.25) is 4.79 Å². The molecule has 11 heteroatoms. The maximum absolute atomic E-state index is 13.1. The van der Waals surface area contributed by atoms with E-state index in [4.69, 9.17) is 4.74 Å². The first-order valence-corrected chi connectivity index (χ1v) is 15.4. The lowest BCUT2D eigenvalue weighted by Crippen LogP contribution is -2.37. The van der Waals surface area contributed by atoms with Crippen LogP contribution in [-0.2, 0) is 19.6 Å². The summed E-state index contributed by atoms with van der Waals surface area (Å²) in [4.78, 5) is 19.8. The molecule has 8 nitrogen and oxygen atoms in total. The van der Waals surface area contributed by atoms with Crippen LogP contribution in [0.5, 0.6) is 0 Å². The largest absolute Gasteiger partial charge is 0.378 e. The van der Waals surface area contributed by atoms with Crippen molar-refractivity contribution in [1.82, 2.24) is 9.29 Å². The molecule has 0 spiro atoms. The highest BCUT2D eigenvalue weighted by Gasteiger charge is 2.24. The first-order chi connectivity index (χ1) is 17.4. The van der Waals surface area contributed by atoms with Crippen molar-refractivity contribution in [2.24, 2.45) is 0 Å². The Morgan fingerprint density at radius 2 is 1.92 bits per heavy atom. The summed E-state index contributed by atoms with van der Waals surface area (Å²) >= 11 is 3.32. The summed E-state index contributed by atoms with van der Waals surface area (Å²) in [5, 5.41) is 2.99. The molecule has 3 aromatic rings. The number of benzene rings is 2. The second kappa shape index (κ2) is 12.4. The number of rotatable bonds is 11. The highest BCUT2D eigenvalue weighted by Crippen LogP contribution is 2.32. The average Bonchev–Trinajstić information content (AvgIpc) is 3.31. The number of anilines is 2. The van der Waals surface area contributed by atoms with Crippen molar-refractivity contribution in [1.29, 1.82) is 0 Å². The Morgan fingerprint density at radius 3 is 2.64 bits per heavy atom. The number of ether oxygens (including phenoxy) is 1. The van der Waals surface area contributed by atoms with Gasteiger partial charge in [-0.05, 0) is 36.8 Å². The summed E-state index contributed by atoms with van der Waals surface area (Å²) in [5.74, 6) is 0.645. The van der Waals surface area contributed by atoms with Crippen LogP contribution in [0.3, 0.4) is 0 Å². The zero-order chi connectivity index (χ0) is 25.5. The summed E-state index contributed by atoms with van der Waals surface area (Å²) in [6.07, 6.45) is 1.03. The molecule has 36 heavy (non-hydrogen) atoms. The third-order valence-corrected chi connectivity index (χ3v) is 10.3. The van der Waals surface area contributed by atoms with Gasteiger partial charge in [-0.15, -0.1) is 11.3 Å². The van der Waals surface area contributed by atoms with E-state index < -0.39 is 10.0 Å². The van der Waals surface area contributed by atoms with Crippen LogP contribution in [0.4, 0.5) is 11.4 Å². The molecule has 194 valence electrons. The number of amides is 1. The molecular formula is C25H32N4O4S3. The molecule has 4 rings (SSSR count). The molecule has 2 heterocycles. The first kappa shape index (κ1) is 26.9. The van der Waals surface area contributed by atoms with E-state index in [-0.39, 0.29) is 10.8 Å². The number of nitrogens with zero attached hydrogens (tertiary/aromatic N) is 3. The number of fused-ring (bicyclic) bond motifs is 1. The highest BCUT2D eigenvalue weighted by atomic mass is 32.2. The van der Waals surface area contributed by atoms with E-state index in [1.54, 1.807) is 41.3 Å². The molecule has 1 aliphatic rings. The third kappa shape index (κ3) is 6.38. The zero-order valence-corrected chi connectivity index (χ0v) is 23.1. The van der Waals surface area contributed by atoms with Crippen molar-refractivity contribution >= 4 is 60.6 Å². The summed E-state index contributed by atoms with van der Waals surface area (Å²) in [6, 6.07) is 13.1. The predicted molar refractivity (Wildman–Crippen MR) is 148 cm³/mol. The Bertz CT molecular complexity index is 1250. The van der Waals surface area contributed by atoms with E-state index in [1.165, 1.54) is 4.31 Å². The summed E-state index contributed by atoms with van der Waals surface area (Å²) < 4.78 is 35.2. The van der Waals surface area contributed by atoms with Crippen molar-refractivity contribution in [3.05, 3.63) is 42.5 Å². The molecule has 0 bridgehead atoms. The Morgan fingerprint density at radius 1 is 1.17 bits per heavy atom. The number of aromatic nitrogens is 1. The average molecular weight is 549 g/mol. The summed E-state index contributed by atoms with van der Waals surface area (Å²) in [7, 11) is -3.64. The molecule has 0 unspecified atom stereocenters. The number of carbonyl (C=O) groups excluding carboxylic acids is 1. The lowest BCUT2D eigenvalue weighted by atomic mass is 10.2. The molecule has 0 radical (unpaired) electrons. The van der Waals surface area contributed by atoms with Crippen LogP contribution < -0.4 is 10.2 Å². The number of morpholine rings is 1. The Kier molecular flexibility index (Phi) is 9.24. The van der Waals surface area contributed by atoms with Crippen molar-refractivity contribution in [2.45, 2.75) is 35.9 Å². The number of thioether (sulfide) groups is 1. The van der Waals surface area contributed by atoms with Gasteiger partial charge in [0.15, 0.2) is 4.34 Å². The van der Waals surface area contributed by atoms with Gasteiger partial charge in [0.1, 0.15) is 0 Å². The fraction of sp³-hybridized carbons (Fsp3) is 0.440. The number of carbonyl (C=O) groups is 1. The van der Waals surface area contributed by atoms with Crippen LogP contribution >= 0.6 is 23.1 Å². The summed E-state index contributed by atoms with van der Waals surface area (Å²) in [5.41, 5.74) is 2.33. The van der Waals surface area contributed by atoms with E-state index in [1.807, 2.05) is 32.0 Å². The van der Waals surface area contributed by atoms with Crippen LogP contribution in [0.1, 0.15) is 26.7 Å². The van der Waals surface area contributed by atoms with Crippen LogP contribution in [0.15, 0.2) is 51.7 Å². The molecule has 2 aromatic carbocycles. The number of para-hydroxylation sites is 1. The van der Waals surface area contributed by atoms with Crippen LogP contribution in [0.25, 0.3) is 10.2 Å². The van der Waals surface area contributed by atoms with Crippen LogP contribution in [0, 0.1) is 0 Å². The molecule has 1 amide bonds. The minimum absolute atomic E-state index is 0.133. The van der Waals surface area contributed by atoms with E-state index in [2.05, 4.69) is 21.3 Å². The van der Waals surface area contributed by atoms with E-state index in [0.29, 0.717) is 57.9 Å². The number of sulfonamides is 1. The monoisotopic (exact) mass is 548 g/mol. The minimum atomic E-state index is -3.64. The second-order valence-corrected chi connectivity index (χ2v) is 12.6. The number of nitrogens with one attached hydrogen (secondary N) is 1. The maximum Gasteiger partial charge on any atom is 0.243 e. The SMILES string of the molecule is CCN(CC)S(=O)(=O)c1ccc(N2CCOCC2)c(NC(=O)CCCSc2nc3ccccc3s2)c1. The van der Waals surface area contributed by atoms with Gasteiger partial charge in [-0.1, -0.05) is 37.7 Å². The molecule has 1 fully saturated rings. The standard InChI is InChI=1S/C25H32N4O4S3/c1-3-29(4-2)36(31,32)19-11-12-22(28-13-15-33-16-14-28)21(18-19)26-24(30)10-7-17-34-25-27-20-8-5-6-9-23(20)35-25/h5-6,8-9,11-12,18H,3-4,7,10,13-17H2,1-2H3,(H,26,30). The first-order valence-electron chi connectivity index (χ1n) is 12.2. The topological polar surface area (TPSA) is 91.8 Å². The fourth-order valence-electron chi connectivity index (χ4n) is 4.09. The smallest absolute Gasteiger partial charge is 0.243 e. The Hall–Kier alpha value is -2.18. The van der Waals surface area contributed by atoms with Gasteiger partial charge in [0.05, 0.1) is 39.7 Å². The van der Waals surface area contributed by atoms with Gasteiger partial charge < -0.3 is 15.0 Å². The minimum Gasteiger partial charge on any atom is -0.378 e. The summed E-state index contributed by atoms with van der Waals surface area (Å²) in [6.45, 7) is 6.96. The number of thiazole rings is 1.